The molecule has 5 aliphatic rings. The molecule has 5 rings (SSSR count). The van der Waals surface area contributed by atoms with Gasteiger partial charge in [0.15, 0.2) is 0 Å². The maximum Gasteiger partial charge on any atom is 0.0824 e. The second-order valence-electron chi connectivity index (χ2n) is 7.28. The van der Waals surface area contributed by atoms with Crippen molar-refractivity contribution in [1.29, 1.82) is 0 Å². The smallest absolute Gasteiger partial charge is 0.0824 e. The Morgan fingerprint density at radius 1 is 1.06 bits per heavy atom. The lowest BCUT2D eigenvalue weighted by atomic mass is 9.53. The number of hydrogen-bond donors (Lipinski definition) is 2. The lowest BCUT2D eigenvalue weighted by Gasteiger charge is -2.57. The van der Waals surface area contributed by atoms with Crippen LogP contribution in [0.25, 0.3) is 0 Å². The number of ether oxygens (including phenoxy) is 1. The predicted octanol–water partition coefficient (Wildman–Crippen LogP) is 1.53. The van der Waals surface area contributed by atoms with Crippen molar-refractivity contribution in [1.82, 2.24) is 10.6 Å². The van der Waals surface area contributed by atoms with E-state index in [1.54, 1.807) is 0 Å². The fraction of sp³-hybridized carbons (Fsp3) is 1.00. The molecule has 1 aliphatic heterocycles. The highest BCUT2D eigenvalue weighted by Crippen LogP contribution is 2.55. The summed E-state index contributed by atoms with van der Waals surface area (Å²) in [5.41, 5.74) is 0.496. The summed E-state index contributed by atoms with van der Waals surface area (Å²) in [6, 6.07) is 0. The van der Waals surface area contributed by atoms with Gasteiger partial charge < -0.3 is 15.4 Å². The van der Waals surface area contributed by atoms with Crippen molar-refractivity contribution in [3.63, 3.8) is 0 Å². The Hall–Kier alpha value is -0.120. The van der Waals surface area contributed by atoms with Gasteiger partial charge in [0.25, 0.3) is 0 Å². The standard InChI is InChI=1S/C15H26N2O/c1-2-18-14(9-16-1)10-17-15-6-11-3-12(7-15)5-13(4-11)8-15/h11-14,16-17H,1-10H2. The van der Waals surface area contributed by atoms with Gasteiger partial charge in [0.1, 0.15) is 0 Å². The second-order valence-corrected chi connectivity index (χ2v) is 7.28. The normalized spacial score (nSPS) is 50.7. The van der Waals surface area contributed by atoms with Crippen molar-refractivity contribution < 1.29 is 4.74 Å². The SMILES string of the molecule is C1COC(CNC23CC4CC(CC(C4)C2)C3)CN1. The Kier molecular flexibility index (Phi) is 2.90. The Balaban J connectivity index is 1.38. The predicted molar refractivity (Wildman–Crippen MR) is 71.5 cm³/mol. The molecule has 1 atom stereocenters. The van der Waals surface area contributed by atoms with Crippen LogP contribution >= 0.6 is 0 Å². The van der Waals surface area contributed by atoms with Crippen LogP contribution in [-0.4, -0.2) is 37.9 Å². The van der Waals surface area contributed by atoms with E-state index in [9.17, 15) is 0 Å². The van der Waals surface area contributed by atoms with E-state index in [-0.39, 0.29) is 0 Å². The molecule has 18 heavy (non-hydrogen) atoms. The van der Waals surface area contributed by atoms with Crippen LogP contribution in [0.1, 0.15) is 38.5 Å². The minimum atomic E-state index is 0.395. The highest BCUT2D eigenvalue weighted by atomic mass is 16.5. The van der Waals surface area contributed by atoms with Gasteiger partial charge in [0, 0.05) is 25.2 Å². The fourth-order valence-corrected chi connectivity index (χ4v) is 5.41. The van der Waals surface area contributed by atoms with Gasteiger partial charge in [-0.25, -0.2) is 0 Å². The maximum absolute atomic E-state index is 5.82. The lowest BCUT2D eigenvalue weighted by Crippen LogP contribution is -2.60. The average Bonchev–Trinajstić information content (AvgIpc) is 2.36. The van der Waals surface area contributed by atoms with Crippen LogP contribution in [0.5, 0.6) is 0 Å². The van der Waals surface area contributed by atoms with Crippen LogP contribution in [-0.2, 0) is 4.74 Å². The van der Waals surface area contributed by atoms with Gasteiger partial charge in [0.2, 0.25) is 0 Å². The van der Waals surface area contributed by atoms with Crippen LogP contribution in [0.3, 0.4) is 0 Å². The molecule has 4 bridgehead atoms. The van der Waals surface area contributed by atoms with Crippen LogP contribution in [0.15, 0.2) is 0 Å². The van der Waals surface area contributed by atoms with Crippen molar-refractivity contribution in [3.05, 3.63) is 0 Å². The van der Waals surface area contributed by atoms with E-state index >= 15 is 0 Å². The molecule has 102 valence electrons. The molecule has 1 unspecified atom stereocenters. The van der Waals surface area contributed by atoms with E-state index in [0.29, 0.717) is 11.6 Å². The third-order valence-electron chi connectivity index (χ3n) is 5.75. The number of rotatable bonds is 3. The summed E-state index contributed by atoms with van der Waals surface area (Å²) >= 11 is 0. The molecule has 3 nitrogen and oxygen atoms in total. The molecule has 0 spiro atoms. The molecule has 1 saturated heterocycles. The van der Waals surface area contributed by atoms with E-state index in [0.717, 1.165) is 44.0 Å². The topological polar surface area (TPSA) is 33.3 Å². The van der Waals surface area contributed by atoms with E-state index in [1.807, 2.05) is 0 Å². The van der Waals surface area contributed by atoms with Crippen LogP contribution < -0.4 is 10.6 Å². The summed E-state index contributed by atoms with van der Waals surface area (Å²) in [6.07, 6.45) is 9.32. The molecule has 5 fully saturated rings. The zero-order valence-electron chi connectivity index (χ0n) is 11.3. The van der Waals surface area contributed by atoms with Gasteiger partial charge in [-0.3, -0.25) is 0 Å². The largest absolute Gasteiger partial charge is 0.374 e. The average molecular weight is 250 g/mol. The van der Waals surface area contributed by atoms with Gasteiger partial charge in [-0.2, -0.15) is 0 Å². The lowest BCUT2D eigenvalue weighted by molar-refractivity contribution is -0.0339. The fourth-order valence-electron chi connectivity index (χ4n) is 5.41. The molecule has 3 heteroatoms. The second kappa shape index (κ2) is 4.46. The van der Waals surface area contributed by atoms with Crippen molar-refractivity contribution >= 4 is 0 Å². The third-order valence-corrected chi connectivity index (χ3v) is 5.75. The van der Waals surface area contributed by atoms with E-state index in [4.69, 9.17) is 4.74 Å². The molecule has 2 N–H and O–H groups in total. The van der Waals surface area contributed by atoms with Gasteiger partial charge in [0.05, 0.1) is 12.7 Å². The summed E-state index contributed by atoms with van der Waals surface area (Å²) in [7, 11) is 0. The first-order chi connectivity index (χ1) is 8.81. The van der Waals surface area contributed by atoms with Crippen LogP contribution in [0.2, 0.25) is 0 Å². The molecule has 0 aromatic carbocycles. The zero-order chi connectivity index (χ0) is 12.0. The summed E-state index contributed by atoms with van der Waals surface area (Å²) in [5, 5.41) is 7.36. The van der Waals surface area contributed by atoms with Crippen LogP contribution in [0.4, 0.5) is 0 Å². The maximum atomic E-state index is 5.82. The molecule has 0 aromatic rings. The van der Waals surface area contributed by atoms with Crippen molar-refractivity contribution in [2.75, 3.05) is 26.2 Å². The first kappa shape index (κ1) is 11.7. The summed E-state index contributed by atoms with van der Waals surface area (Å²) < 4.78 is 5.82. The Labute approximate surface area is 110 Å². The van der Waals surface area contributed by atoms with E-state index in [1.165, 1.54) is 38.5 Å². The van der Waals surface area contributed by atoms with Gasteiger partial charge >= 0.3 is 0 Å². The summed E-state index contributed by atoms with van der Waals surface area (Å²) in [4.78, 5) is 0. The number of hydrogen-bond acceptors (Lipinski definition) is 3. The monoisotopic (exact) mass is 250 g/mol. The molecular weight excluding hydrogens is 224 g/mol. The number of morpholine rings is 1. The number of nitrogens with one attached hydrogen (secondary N) is 2. The Morgan fingerprint density at radius 2 is 1.72 bits per heavy atom. The van der Waals surface area contributed by atoms with Gasteiger partial charge in [-0.05, 0) is 56.3 Å². The molecular formula is C15H26N2O. The molecule has 4 aliphatic carbocycles. The Bertz CT molecular complexity index is 276. The minimum absolute atomic E-state index is 0.395. The van der Waals surface area contributed by atoms with Crippen LogP contribution in [0, 0.1) is 17.8 Å². The molecule has 0 amide bonds. The molecule has 4 saturated carbocycles. The van der Waals surface area contributed by atoms with Crippen molar-refractivity contribution in [2.45, 2.75) is 50.2 Å². The minimum Gasteiger partial charge on any atom is -0.374 e. The Morgan fingerprint density at radius 3 is 2.28 bits per heavy atom. The third kappa shape index (κ3) is 2.10. The molecule has 0 radical (unpaired) electrons. The quantitative estimate of drug-likeness (QED) is 0.797. The zero-order valence-corrected chi connectivity index (χ0v) is 11.3. The van der Waals surface area contributed by atoms with Gasteiger partial charge in [-0.15, -0.1) is 0 Å². The molecule has 1 heterocycles. The molecule has 0 aromatic heterocycles. The highest BCUT2D eigenvalue weighted by Gasteiger charge is 2.50. The first-order valence-electron chi connectivity index (χ1n) is 7.89. The summed E-state index contributed by atoms with van der Waals surface area (Å²) in [6.45, 7) is 3.99. The summed E-state index contributed by atoms with van der Waals surface area (Å²) in [5.74, 6) is 3.11. The van der Waals surface area contributed by atoms with Crippen molar-refractivity contribution in [2.24, 2.45) is 17.8 Å². The van der Waals surface area contributed by atoms with Crippen molar-refractivity contribution in [3.8, 4) is 0 Å². The first-order valence-corrected chi connectivity index (χ1v) is 7.89. The van der Waals surface area contributed by atoms with E-state index < -0.39 is 0 Å². The van der Waals surface area contributed by atoms with E-state index in [2.05, 4.69) is 10.6 Å². The highest BCUT2D eigenvalue weighted by molar-refractivity contribution is 5.06. The van der Waals surface area contributed by atoms with Gasteiger partial charge in [-0.1, -0.05) is 0 Å².